The Morgan fingerprint density at radius 1 is 0.554 bits per heavy atom. The molecule has 25 heteroatoms. The third-order valence-electron chi connectivity index (χ3n) is 22.7. The lowest BCUT2D eigenvalue weighted by molar-refractivity contribution is -0.382. The molecule has 4 saturated carbocycles. The molecular formula is C58H94O25. The molecule has 25 nitrogen and oxygen atoms in total. The van der Waals surface area contributed by atoms with Crippen LogP contribution in [-0.4, -0.2) is 251 Å². The number of ether oxygens (including phenoxy) is 10. The van der Waals surface area contributed by atoms with Gasteiger partial charge in [-0.3, -0.25) is 4.79 Å². The maximum Gasteiger partial charge on any atom is 0.315 e. The average Bonchev–Trinajstić information content (AvgIpc) is 0.782. The number of aliphatic hydroxyl groups is 14. The van der Waals surface area contributed by atoms with Crippen molar-refractivity contribution in [3.8, 4) is 0 Å². The van der Waals surface area contributed by atoms with Crippen LogP contribution >= 0.6 is 0 Å². The summed E-state index contributed by atoms with van der Waals surface area (Å²) in [5.74, 6) is -0.298. The Labute approximate surface area is 483 Å². The van der Waals surface area contributed by atoms with Gasteiger partial charge in [0.15, 0.2) is 25.2 Å². The van der Waals surface area contributed by atoms with Crippen LogP contribution in [0.4, 0.5) is 0 Å². The smallest absolute Gasteiger partial charge is 0.315 e. The average molecular weight is 1190 g/mol. The highest BCUT2D eigenvalue weighted by molar-refractivity contribution is 5.79. The van der Waals surface area contributed by atoms with Gasteiger partial charge in [0.05, 0.1) is 44.1 Å². The standard InChI is InChI=1S/C58H94O25/c1-24-34(62)45(81-47-41(69)38(66)30(23-75-47)79-48-42(70)39(67)36(64)28(20-59)77-48)44(72)50(76-24)82-46-35(63)27(61)22-74-51(46)80-33-12-13-55(6)31(54(33,4)5)11-14-57(8)32(55)10-9-25-26-19-53(2,3)15-17-58(26,18-16-56(25,57)7)52(73)83-49-43(71)40(68)37(65)29(21-60)78-49/h9,24,26-51,59-72H,10-23H2,1-8H3/t24-,26+,27-,28-,29+,30+,31-,32+,33-,34+,35+,36+,37+,38+,39-,40+,41+,42-,43-,44+,45+,46+,47+,48-,49-,50-,51-,55+,56+,57+,58+/m1/s1. The van der Waals surface area contributed by atoms with Crippen LogP contribution in [0.5, 0.6) is 0 Å². The summed E-state index contributed by atoms with van der Waals surface area (Å²) in [6, 6.07) is 0. The summed E-state index contributed by atoms with van der Waals surface area (Å²) >= 11 is 0. The summed E-state index contributed by atoms with van der Waals surface area (Å²) < 4.78 is 59.6. The first-order chi connectivity index (χ1) is 38.9. The maximum absolute atomic E-state index is 14.8. The molecule has 9 fully saturated rings. The minimum Gasteiger partial charge on any atom is -0.432 e. The zero-order valence-corrected chi connectivity index (χ0v) is 48.8. The Kier molecular flexibility index (Phi) is 18.3. The van der Waals surface area contributed by atoms with E-state index in [-0.39, 0.29) is 46.0 Å². The monoisotopic (exact) mass is 1190 g/mol. The Bertz CT molecular complexity index is 2310. The summed E-state index contributed by atoms with van der Waals surface area (Å²) in [4.78, 5) is 14.8. The zero-order chi connectivity index (χ0) is 60.4. The molecule has 0 aromatic carbocycles. The van der Waals surface area contributed by atoms with Crippen LogP contribution in [-0.2, 0) is 52.2 Å². The summed E-state index contributed by atoms with van der Waals surface area (Å²) in [5.41, 5.74) is -0.888. The highest BCUT2D eigenvalue weighted by Gasteiger charge is 2.70. The summed E-state index contributed by atoms with van der Waals surface area (Å²) in [7, 11) is 0. The quantitative estimate of drug-likeness (QED) is 0.0576. The number of hydrogen-bond acceptors (Lipinski definition) is 25. The molecule has 10 rings (SSSR count). The normalized spacial score (nSPS) is 54.2. The number of rotatable bonds is 12. The van der Waals surface area contributed by atoms with Crippen molar-refractivity contribution in [3.63, 3.8) is 0 Å². The fraction of sp³-hybridized carbons (Fsp3) is 0.948. The van der Waals surface area contributed by atoms with E-state index in [0.29, 0.717) is 25.7 Å². The van der Waals surface area contributed by atoms with Gasteiger partial charge in [-0.15, -0.1) is 0 Å². The lowest BCUT2D eigenvalue weighted by Gasteiger charge is -2.71. The number of esters is 1. The van der Waals surface area contributed by atoms with E-state index in [1.165, 1.54) is 12.5 Å². The fourth-order valence-corrected chi connectivity index (χ4v) is 17.3. The first-order valence-electron chi connectivity index (χ1n) is 30.0. The van der Waals surface area contributed by atoms with E-state index in [1.807, 2.05) is 0 Å². The van der Waals surface area contributed by atoms with Crippen LogP contribution in [0.15, 0.2) is 11.6 Å². The van der Waals surface area contributed by atoms with Crippen molar-refractivity contribution in [2.75, 3.05) is 26.4 Å². The molecule has 14 N–H and O–H groups in total. The highest BCUT2D eigenvalue weighted by atomic mass is 16.8. The third kappa shape index (κ3) is 10.8. The Morgan fingerprint density at radius 2 is 1.14 bits per heavy atom. The van der Waals surface area contributed by atoms with Gasteiger partial charge in [-0.2, -0.15) is 0 Å². The van der Waals surface area contributed by atoms with Crippen LogP contribution in [0.1, 0.15) is 120 Å². The minimum absolute atomic E-state index is 0.0858. The zero-order valence-electron chi connectivity index (χ0n) is 48.8. The number of carbonyl (C=O) groups excluding carboxylic acids is 1. The number of carbonyl (C=O) groups is 1. The summed E-state index contributed by atoms with van der Waals surface area (Å²) in [6.07, 6.45) is -27.0. The second-order valence-electron chi connectivity index (χ2n) is 28.2. The van der Waals surface area contributed by atoms with Crippen molar-refractivity contribution >= 4 is 5.97 Å². The maximum atomic E-state index is 14.8. The predicted molar refractivity (Wildman–Crippen MR) is 282 cm³/mol. The molecule has 5 aliphatic carbocycles. The van der Waals surface area contributed by atoms with E-state index in [2.05, 4.69) is 54.5 Å². The molecule has 5 saturated heterocycles. The lowest BCUT2D eigenvalue weighted by Crippen LogP contribution is -2.66. The number of fused-ring (bicyclic) bond motifs is 7. The van der Waals surface area contributed by atoms with Crippen LogP contribution < -0.4 is 0 Å². The van der Waals surface area contributed by atoms with Crippen molar-refractivity contribution in [1.82, 2.24) is 0 Å². The molecule has 0 spiro atoms. The first kappa shape index (κ1) is 64.3. The molecule has 5 aliphatic heterocycles. The molecular weight excluding hydrogens is 1100 g/mol. The SMILES string of the molecule is C[C@H]1O[C@H](O[C@@H]2[C@@H](O[C@@H]3CC[C@@]4(C)[C@H](CC[C@@]5(C)[C@H]4CC=C4[C@@H]6CC(C)(C)CC[C@]6(C(=O)O[C@H]6O[C@@H](CO)[C@H](O)[C@H](O)[C@H]6O)CC[C@@]45C)C3(C)C)OC[C@@H](O)[C@@H]2O)[C@@H](O)[C@@H](O[C@@H]2OC[C@H](O[C@H]3O[C@H](CO)[C@H](O)[C@@H](O)[C@H]3O)[C@H](O)[C@@H]2O)[C@H]1O. The molecule has 476 valence electrons. The first-order valence-corrected chi connectivity index (χ1v) is 30.0. The van der Waals surface area contributed by atoms with Crippen LogP contribution in [0.2, 0.25) is 0 Å². The largest absolute Gasteiger partial charge is 0.432 e. The van der Waals surface area contributed by atoms with Crippen molar-refractivity contribution in [2.45, 2.75) is 267 Å². The molecule has 10 aliphatic rings. The van der Waals surface area contributed by atoms with Gasteiger partial charge in [-0.25, -0.2) is 0 Å². The van der Waals surface area contributed by atoms with Gasteiger partial charge in [-0.05, 0) is 116 Å². The van der Waals surface area contributed by atoms with Crippen LogP contribution in [0.25, 0.3) is 0 Å². The van der Waals surface area contributed by atoms with E-state index in [4.69, 9.17) is 47.4 Å². The highest BCUT2D eigenvalue weighted by Crippen LogP contribution is 2.76. The van der Waals surface area contributed by atoms with Crippen molar-refractivity contribution in [1.29, 1.82) is 0 Å². The minimum atomic E-state index is -1.89. The fourth-order valence-electron chi connectivity index (χ4n) is 17.3. The Balaban J connectivity index is 0.819. The second kappa shape index (κ2) is 23.6. The van der Waals surface area contributed by atoms with Gasteiger partial charge in [0.1, 0.15) is 104 Å². The van der Waals surface area contributed by atoms with E-state index in [9.17, 15) is 76.3 Å². The third-order valence-corrected chi connectivity index (χ3v) is 22.7. The topological polar surface area (TPSA) is 393 Å². The number of hydrogen-bond donors (Lipinski definition) is 14. The van der Waals surface area contributed by atoms with Gasteiger partial charge < -0.3 is 119 Å². The predicted octanol–water partition coefficient (Wildman–Crippen LogP) is -1.91. The Morgan fingerprint density at radius 3 is 1.81 bits per heavy atom. The van der Waals surface area contributed by atoms with E-state index in [0.717, 1.165) is 38.5 Å². The summed E-state index contributed by atoms with van der Waals surface area (Å²) in [5, 5.41) is 150. The molecule has 83 heavy (non-hydrogen) atoms. The van der Waals surface area contributed by atoms with E-state index < -0.39 is 184 Å². The van der Waals surface area contributed by atoms with Gasteiger partial charge in [0.25, 0.3) is 0 Å². The Hall–Kier alpha value is -1.71. The van der Waals surface area contributed by atoms with E-state index in [1.54, 1.807) is 0 Å². The second-order valence-corrected chi connectivity index (χ2v) is 28.2. The van der Waals surface area contributed by atoms with E-state index >= 15 is 0 Å². The van der Waals surface area contributed by atoms with Gasteiger partial charge in [0.2, 0.25) is 6.29 Å². The van der Waals surface area contributed by atoms with Crippen molar-refractivity contribution < 1.29 is 124 Å². The molecule has 5 heterocycles. The number of allylic oxidation sites excluding steroid dienone is 2. The van der Waals surface area contributed by atoms with Crippen LogP contribution in [0.3, 0.4) is 0 Å². The molecule has 0 unspecified atom stereocenters. The van der Waals surface area contributed by atoms with Crippen molar-refractivity contribution in [3.05, 3.63) is 11.6 Å². The van der Waals surface area contributed by atoms with Crippen LogP contribution in [0, 0.1) is 50.2 Å². The number of aliphatic hydroxyl groups excluding tert-OH is 14. The molecule has 31 atom stereocenters. The molecule has 0 radical (unpaired) electrons. The van der Waals surface area contributed by atoms with Gasteiger partial charge >= 0.3 is 5.97 Å². The van der Waals surface area contributed by atoms with Gasteiger partial charge in [-0.1, -0.05) is 60.1 Å². The molecule has 0 aromatic heterocycles. The molecule has 0 bridgehead atoms. The lowest BCUT2D eigenvalue weighted by atomic mass is 9.33. The molecule has 0 aromatic rings. The van der Waals surface area contributed by atoms with Gasteiger partial charge in [0, 0.05) is 0 Å². The van der Waals surface area contributed by atoms with Crippen molar-refractivity contribution in [2.24, 2.45) is 50.2 Å². The molecule has 0 amide bonds. The summed E-state index contributed by atoms with van der Waals surface area (Å²) in [6.45, 7) is 15.4.